The zero-order chi connectivity index (χ0) is 15.2. The summed E-state index contributed by atoms with van der Waals surface area (Å²) < 4.78 is 0. The van der Waals surface area contributed by atoms with Gasteiger partial charge in [-0.05, 0) is 17.2 Å². The molecule has 0 spiro atoms. The molecule has 0 aliphatic carbocycles. The number of carbonyl (C=O) groups excluding carboxylic acids is 1. The van der Waals surface area contributed by atoms with E-state index >= 15 is 0 Å². The maximum absolute atomic E-state index is 11.3. The lowest BCUT2D eigenvalue weighted by atomic mass is 10.1. The van der Waals surface area contributed by atoms with Crippen LogP contribution in [0.25, 0.3) is 0 Å². The van der Waals surface area contributed by atoms with Gasteiger partial charge in [0.1, 0.15) is 0 Å². The van der Waals surface area contributed by atoms with Crippen LogP contribution in [0.1, 0.15) is 21.5 Å². The minimum Gasteiger partial charge on any atom is -0.366 e. The standard InChI is InChI=1S/C15H15N3O3/c16-15(19)14-4-2-1-3-12(14)10-17-9-11-5-7-13(8-6-11)18(20)21/h1-8,17H,9-10H2,(H2,16,19). The number of nitro benzene ring substituents is 1. The molecule has 0 bridgehead atoms. The van der Waals surface area contributed by atoms with Gasteiger partial charge in [0.2, 0.25) is 5.91 Å². The minimum absolute atomic E-state index is 0.0674. The van der Waals surface area contributed by atoms with Crippen molar-refractivity contribution < 1.29 is 9.72 Å². The number of non-ortho nitro benzene ring substituents is 1. The monoisotopic (exact) mass is 285 g/mol. The van der Waals surface area contributed by atoms with Crippen LogP contribution < -0.4 is 11.1 Å². The van der Waals surface area contributed by atoms with Gasteiger partial charge in [-0.3, -0.25) is 14.9 Å². The van der Waals surface area contributed by atoms with Crippen molar-refractivity contribution in [2.45, 2.75) is 13.1 Å². The first kappa shape index (κ1) is 14.7. The molecule has 0 unspecified atom stereocenters. The molecule has 0 aliphatic rings. The van der Waals surface area contributed by atoms with E-state index in [0.717, 1.165) is 11.1 Å². The number of carbonyl (C=O) groups is 1. The highest BCUT2D eigenvalue weighted by Crippen LogP contribution is 2.12. The molecule has 6 nitrogen and oxygen atoms in total. The van der Waals surface area contributed by atoms with Gasteiger partial charge >= 0.3 is 0 Å². The summed E-state index contributed by atoms with van der Waals surface area (Å²) in [7, 11) is 0. The van der Waals surface area contributed by atoms with Crippen LogP contribution in [-0.2, 0) is 13.1 Å². The normalized spacial score (nSPS) is 10.3. The van der Waals surface area contributed by atoms with Crippen LogP contribution in [0, 0.1) is 10.1 Å². The van der Waals surface area contributed by atoms with Gasteiger partial charge in [0, 0.05) is 30.8 Å². The van der Waals surface area contributed by atoms with Crippen LogP contribution in [0.4, 0.5) is 5.69 Å². The summed E-state index contributed by atoms with van der Waals surface area (Å²) in [6.07, 6.45) is 0. The van der Waals surface area contributed by atoms with E-state index in [2.05, 4.69) is 5.32 Å². The second kappa shape index (κ2) is 6.62. The quantitative estimate of drug-likeness (QED) is 0.626. The predicted octanol–water partition coefficient (Wildman–Crippen LogP) is 1.98. The predicted molar refractivity (Wildman–Crippen MR) is 78.6 cm³/mol. The highest BCUT2D eigenvalue weighted by Gasteiger charge is 2.07. The summed E-state index contributed by atoms with van der Waals surface area (Å²) in [5, 5.41) is 13.7. The molecule has 0 aliphatic heterocycles. The Kier molecular flexibility index (Phi) is 4.63. The molecule has 21 heavy (non-hydrogen) atoms. The number of benzene rings is 2. The van der Waals surface area contributed by atoms with Crippen LogP contribution in [0.3, 0.4) is 0 Å². The number of hydrogen-bond donors (Lipinski definition) is 2. The van der Waals surface area contributed by atoms with Gasteiger partial charge in [0.05, 0.1) is 4.92 Å². The van der Waals surface area contributed by atoms with E-state index in [9.17, 15) is 14.9 Å². The number of nitrogens with zero attached hydrogens (tertiary/aromatic N) is 1. The van der Waals surface area contributed by atoms with E-state index in [1.165, 1.54) is 12.1 Å². The first-order chi connectivity index (χ1) is 10.1. The van der Waals surface area contributed by atoms with Crippen LogP contribution in [0.15, 0.2) is 48.5 Å². The Morgan fingerprint density at radius 1 is 1.10 bits per heavy atom. The molecular weight excluding hydrogens is 270 g/mol. The number of nitro groups is 1. The molecule has 0 atom stereocenters. The molecule has 0 fully saturated rings. The van der Waals surface area contributed by atoms with Gasteiger partial charge in [-0.2, -0.15) is 0 Å². The Bertz CT molecular complexity index is 653. The number of amides is 1. The van der Waals surface area contributed by atoms with Gasteiger partial charge in [-0.1, -0.05) is 30.3 Å². The molecule has 2 rings (SSSR count). The topological polar surface area (TPSA) is 98.3 Å². The number of nitrogens with two attached hydrogens (primary N) is 1. The lowest BCUT2D eigenvalue weighted by molar-refractivity contribution is -0.384. The Hall–Kier alpha value is -2.73. The zero-order valence-electron chi connectivity index (χ0n) is 11.3. The average Bonchev–Trinajstić information content (AvgIpc) is 2.48. The van der Waals surface area contributed by atoms with Gasteiger partial charge in [0.25, 0.3) is 5.69 Å². The molecule has 1 amide bonds. The van der Waals surface area contributed by atoms with Crippen molar-refractivity contribution in [3.8, 4) is 0 Å². The van der Waals surface area contributed by atoms with E-state index in [1.807, 2.05) is 12.1 Å². The molecule has 6 heteroatoms. The minimum atomic E-state index is -0.456. The van der Waals surface area contributed by atoms with E-state index < -0.39 is 10.8 Å². The van der Waals surface area contributed by atoms with Crippen molar-refractivity contribution in [3.63, 3.8) is 0 Å². The first-order valence-electron chi connectivity index (χ1n) is 6.39. The lowest BCUT2D eigenvalue weighted by Gasteiger charge is -2.08. The molecule has 0 aromatic heterocycles. The van der Waals surface area contributed by atoms with Crippen molar-refractivity contribution in [2.24, 2.45) is 5.73 Å². The van der Waals surface area contributed by atoms with Crippen molar-refractivity contribution in [1.29, 1.82) is 0 Å². The molecule has 3 N–H and O–H groups in total. The van der Waals surface area contributed by atoms with E-state index in [1.54, 1.807) is 24.3 Å². The second-order valence-electron chi connectivity index (χ2n) is 4.55. The fourth-order valence-electron chi connectivity index (χ4n) is 1.99. The molecule has 108 valence electrons. The third kappa shape index (κ3) is 3.87. The molecule has 2 aromatic rings. The zero-order valence-corrected chi connectivity index (χ0v) is 11.3. The Balaban J connectivity index is 1.95. The summed E-state index contributed by atoms with van der Waals surface area (Å²) in [4.78, 5) is 21.4. The molecule has 2 aromatic carbocycles. The summed E-state index contributed by atoms with van der Waals surface area (Å²) in [5.74, 6) is -0.456. The smallest absolute Gasteiger partial charge is 0.269 e. The third-order valence-corrected chi connectivity index (χ3v) is 3.07. The van der Waals surface area contributed by atoms with E-state index in [4.69, 9.17) is 5.73 Å². The first-order valence-corrected chi connectivity index (χ1v) is 6.39. The van der Waals surface area contributed by atoms with E-state index in [0.29, 0.717) is 18.7 Å². The summed E-state index contributed by atoms with van der Waals surface area (Å²) >= 11 is 0. The van der Waals surface area contributed by atoms with Crippen LogP contribution in [0.2, 0.25) is 0 Å². The lowest BCUT2D eigenvalue weighted by Crippen LogP contribution is -2.18. The second-order valence-corrected chi connectivity index (χ2v) is 4.55. The molecular formula is C15H15N3O3. The molecule has 0 saturated carbocycles. The van der Waals surface area contributed by atoms with Crippen LogP contribution >= 0.6 is 0 Å². The Morgan fingerprint density at radius 2 is 1.76 bits per heavy atom. The van der Waals surface area contributed by atoms with Crippen LogP contribution in [-0.4, -0.2) is 10.8 Å². The number of primary amides is 1. The van der Waals surface area contributed by atoms with Gasteiger partial charge in [-0.25, -0.2) is 0 Å². The average molecular weight is 285 g/mol. The number of nitrogens with one attached hydrogen (secondary N) is 1. The van der Waals surface area contributed by atoms with Crippen molar-refractivity contribution in [1.82, 2.24) is 5.32 Å². The largest absolute Gasteiger partial charge is 0.366 e. The van der Waals surface area contributed by atoms with Gasteiger partial charge < -0.3 is 11.1 Å². The highest BCUT2D eigenvalue weighted by molar-refractivity contribution is 5.94. The van der Waals surface area contributed by atoms with Crippen molar-refractivity contribution >= 4 is 11.6 Å². The molecule has 0 radical (unpaired) electrons. The SMILES string of the molecule is NC(=O)c1ccccc1CNCc1ccc([N+](=O)[O-])cc1. The van der Waals surface area contributed by atoms with Crippen molar-refractivity contribution in [2.75, 3.05) is 0 Å². The Morgan fingerprint density at radius 3 is 2.38 bits per heavy atom. The van der Waals surface area contributed by atoms with Gasteiger partial charge in [0.15, 0.2) is 0 Å². The maximum Gasteiger partial charge on any atom is 0.269 e. The molecule has 0 heterocycles. The highest BCUT2D eigenvalue weighted by atomic mass is 16.6. The van der Waals surface area contributed by atoms with Gasteiger partial charge in [-0.15, -0.1) is 0 Å². The third-order valence-electron chi connectivity index (χ3n) is 3.07. The summed E-state index contributed by atoms with van der Waals surface area (Å²) in [5.41, 5.74) is 7.63. The van der Waals surface area contributed by atoms with E-state index in [-0.39, 0.29) is 5.69 Å². The van der Waals surface area contributed by atoms with Crippen LogP contribution in [0.5, 0.6) is 0 Å². The maximum atomic E-state index is 11.3. The summed E-state index contributed by atoms with van der Waals surface area (Å²) in [6, 6.07) is 13.5. The summed E-state index contributed by atoms with van der Waals surface area (Å²) in [6.45, 7) is 1.04. The Labute approximate surface area is 121 Å². The fourth-order valence-corrected chi connectivity index (χ4v) is 1.99. The fraction of sp³-hybridized carbons (Fsp3) is 0.133. The number of rotatable bonds is 6. The number of hydrogen-bond acceptors (Lipinski definition) is 4. The van der Waals surface area contributed by atoms with Crippen molar-refractivity contribution in [3.05, 3.63) is 75.3 Å². The molecule has 0 saturated heterocycles.